The number of nitrogens with one attached hydrogen (secondary N) is 1. The Kier molecular flexibility index (Phi) is 4.10. The number of aromatic nitrogens is 1. The van der Waals surface area contributed by atoms with E-state index in [0.29, 0.717) is 0 Å². The number of aromatic carboxylic acids is 1. The van der Waals surface area contributed by atoms with E-state index in [0.717, 1.165) is 11.1 Å². The standard InChI is InChI=1S/C15H14N2O3/c1-10-3-2-4-11(7-10)8-14(18)17-13-9-12(15(19)20)5-6-16-13/h2-7,9H,8H2,1H3,(H,19,20)(H,16,17,18). The number of benzene rings is 1. The van der Waals surface area contributed by atoms with Gasteiger partial charge in [-0.1, -0.05) is 29.8 Å². The molecule has 0 fully saturated rings. The summed E-state index contributed by atoms with van der Waals surface area (Å²) in [6.07, 6.45) is 1.58. The van der Waals surface area contributed by atoms with Gasteiger partial charge in [0.2, 0.25) is 5.91 Å². The fourth-order valence-corrected chi connectivity index (χ4v) is 1.83. The van der Waals surface area contributed by atoms with Crippen molar-refractivity contribution in [3.8, 4) is 0 Å². The molecule has 0 aliphatic rings. The van der Waals surface area contributed by atoms with E-state index in [4.69, 9.17) is 5.11 Å². The van der Waals surface area contributed by atoms with Crippen LogP contribution in [0.15, 0.2) is 42.6 Å². The third-order valence-electron chi connectivity index (χ3n) is 2.72. The quantitative estimate of drug-likeness (QED) is 0.893. The Hall–Kier alpha value is -2.69. The molecule has 0 unspecified atom stereocenters. The summed E-state index contributed by atoms with van der Waals surface area (Å²) in [5, 5.41) is 11.5. The van der Waals surface area contributed by atoms with Crippen molar-refractivity contribution < 1.29 is 14.7 Å². The molecule has 2 N–H and O–H groups in total. The van der Waals surface area contributed by atoms with Crippen LogP contribution in [-0.2, 0) is 11.2 Å². The predicted octanol–water partition coefficient (Wildman–Crippen LogP) is 2.27. The third-order valence-corrected chi connectivity index (χ3v) is 2.72. The normalized spacial score (nSPS) is 10.1. The number of anilines is 1. The molecule has 1 amide bonds. The second-order valence-corrected chi connectivity index (χ2v) is 4.45. The number of carbonyl (C=O) groups excluding carboxylic acids is 1. The molecule has 5 heteroatoms. The fraction of sp³-hybridized carbons (Fsp3) is 0.133. The zero-order valence-electron chi connectivity index (χ0n) is 11.0. The molecule has 1 aromatic carbocycles. The molecule has 0 atom stereocenters. The zero-order valence-corrected chi connectivity index (χ0v) is 11.0. The summed E-state index contributed by atoms with van der Waals surface area (Å²) in [7, 11) is 0. The molecule has 0 bridgehead atoms. The molecule has 20 heavy (non-hydrogen) atoms. The lowest BCUT2D eigenvalue weighted by molar-refractivity contribution is -0.115. The van der Waals surface area contributed by atoms with E-state index in [1.54, 1.807) is 0 Å². The first-order valence-corrected chi connectivity index (χ1v) is 6.09. The molecule has 0 spiro atoms. The lowest BCUT2D eigenvalue weighted by Gasteiger charge is -2.05. The van der Waals surface area contributed by atoms with Gasteiger partial charge in [-0.3, -0.25) is 4.79 Å². The summed E-state index contributed by atoms with van der Waals surface area (Å²) in [5.41, 5.74) is 2.07. The number of aryl methyl sites for hydroxylation is 1. The monoisotopic (exact) mass is 270 g/mol. The maximum absolute atomic E-state index is 11.9. The Morgan fingerprint density at radius 3 is 2.75 bits per heavy atom. The third kappa shape index (κ3) is 3.65. The molecule has 0 saturated carbocycles. The van der Waals surface area contributed by atoms with E-state index in [1.807, 2.05) is 31.2 Å². The average Bonchev–Trinajstić information content (AvgIpc) is 2.38. The van der Waals surface area contributed by atoms with Gasteiger partial charge in [0.1, 0.15) is 5.82 Å². The van der Waals surface area contributed by atoms with Crippen LogP contribution in [-0.4, -0.2) is 22.0 Å². The topological polar surface area (TPSA) is 79.3 Å². The number of pyridine rings is 1. The van der Waals surface area contributed by atoms with Gasteiger partial charge in [-0.05, 0) is 24.6 Å². The highest BCUT2D eigenvalue weighted by Gasteiger charge is 2.08. The number of hydrogen-bond donors (Lipinski definition) is 2. The van der Waals surface area contributed by atoms with Crippen molar-refractivity contribution >= 4 is 17.7 Å². The van der Waals surface area contributed by atoms with Crippen LogP contribution in [0.25, 0.3) is 0 Å². The first-order valence-electron chi connectivity index (χ1n) is 6.09. The number of nitrogens with zero attached hydrogens (tertiary/aromatic N) is 1. The number of rotatable bonds is 4. The van der Waals surface area contributed by atoms with E-state index in [-0.39, 0.29) is 23.7 Å². The van der Waals surface area contributed by atoms with Crippen molar-refractivity contribution in [2.24, 2.45) is 0 Å². The van der Waals surface area contributed by atoms with Crippen LogP contribution in [0.3, 0.4) is 0 Å². The molecule has 0 aliphatic carbocycles. The van der Waals surface area contributed by atoms with Crippen molar-refractivity contribution in [3.63, 3.8) is 0 Å². The van der Waals surface area contributed by atoms with Crippen LogP contribution in [0, 0.1) is 6.92 Å². The molecule has 0 aliphatic heterocycles. The summed E-state index contributed by atoms with van der Waals surface area (Å²) in [5.74, 6) is -1.05. The van der Waals surface area contributed by atoms with Crippen molar-refractivity contribution in [1.82, 2.24) is 4.98 Å². The minimum absolute atomic E-state index is 0.0888. The fourth-order valence-electron chi connectivity index (χ4n) is 1.83. The number of carboxylic acids is 1. The predicted molar refractivity (Wildman–Crippen MR) is 74.7 cm³/mol. The lowest BCUT2D eigenvalue weighted by atomic mass is 10.1. The van der Waals surface area contributed by atoms with Crippen LogP contribution in [0.1, 0.15) is 21.5 Å². The van der Waals surface area contributed by atoms with Crippen molar-refractivity contribution in [2.45, 2.75) is 13.3 Å². The Labute approximate surface area is 116 Å². The van der Waals surface area contributed by atoms with Crippen LogP contribution < -0.4 is 5.32 Å². The van der Waals surface area contributed by atoms with E-state index in [1.165, 1.54) is 18.3 Å². The van der Waals surface area contributed by atoms with Crippen LogP contribution in [0.2, 0.25) is 0 Å². The highest BCUT2D eigenvalue weighted by molar-refractivity contribution is 5.93. The van der Waals surface area contributed by atoms with Gasteiger partial charge in [-0.2, -0.15) is 0 Å². The molecule has 102 valence electrons. The molecule has 2 rings (SSSR count). The van der Waals surface area contributed by atoms with Crippen LogP contribution >= 0.6 is 0 Å². The number of hydrogen-bond acceptors (Lipinski definition) is 3. The number of carboxylic acid groups (broad SMARTS) is 1. The van der Waals surface area contributed by atoms with Crippen molar-refractivity contribution in [1.29, 1.82) is 0 Å². The van der Waals surface area contributed by atoms with Gasteiger partial charge in [-0.15, -0.1) is 0 Å². The van der Waals surface area contributed by atoms with Gasteiger partial charge in [0.05, 0.1) is 12.0 Å². The Bertz CT molecular complexity index is 653. The Balaban J connectivity index is 2.04. The maximum atomic E-state index is 11.9. The zero-order chi connectivity index (χ0) is 14.5. The first-order chi connectivity index (χ1) is 9.54. The largest absolute Gasteiger partial charge is 0.478 e. The van der Waals surface area contributed by atoms with Crippen molar-refractivity contribution in [3.05, 3.63) is 59.3 Å². The van der Waals surface area contributed by atoms with Gasteiger partial charge in [0.25, 0.3) is 0 Å². The summed E-state index contributed by atoms with van der Waals surface area (Å²) in [4.78, 5) is 26.6. The summed E-state index contributed by atoms with van der Waals surface area (Å²) < 4.78 is 0. The average molecular weight is 270 g/mol. The summed E-state index contributed by atoms with van der Waals surface area (Å²) in [6, 6.07) is 10.4. The maximum Gasteiger partial charge on any atom is 0.335 e. The highest BCUT2D eigenvalue weighted by Crippen LogP contribution is 2.09. The van der Waals surface area contributed by atoms with Crippen LogP contribution in [0.4, 0.5) is 5.82 Å². The van der Waals surface area contributed by atoms with E-state index in [9.17, 15) is 9.59 Å². The second-order valence-electron chi connectivity index (χ2n) is 4.45. The Morgan fingerprint density at radius 1 is 1.25 bits per heavy atom. The molecule has 2 aromatic rings. The first kappa shape index (κ1) is 13.7. The molecular formula is C15H14N2O3. The second kappa shape index (κ2) is 5.97. The molecule has 0 saturated heterocycles. The van der Waals surface area contributed by atoms with Gasteiger partial charge < -0.3 is 10.4 Å². The van der Waals surface area contributed by atoms with E-state index < -0.39 is 5.97 Å². The lowest BCUT2D eigenvalue weighted by Crippen LogP contribution is -2.15. The van der Waals surface area contributed by atoms with Gasteiger partial charge in [0, 0.05) is 6.20 Å². The Morgan fingerprint density at radius 2 is 2.05 bits per heavy atom. The SMILES string of the molecule is Cc1cccc(CC(=O)Nc2cc(C(=O)O)ccn2)c1. The molecule has 1 heterocycles. The minimum Gasteiger partial charge on any atom is -0.478 e. The smallest absolute Gasteiger partial charge is 0.335 e. The van der Waals surface area contributed by atoms with Crippen LogP contribution in [0.5, 0.6) is 0 Å². The van der Waals surface area contributed by atoms with Gasteiger partial charge >= 0.3 is 5.97 Å². The molecule has 1 aromatic heterocycles. The molecule has 5 nitrogen and oxygen atoms in total. The molecule has 0 radical (unpaired) electrons. The van der Waals surface area contributed by atoms with E-state index in [2.05, 4.69) is 10.3 Å². The summed E-state index contributed by atoms with van der Waals surface area (Å²) in [6.45, 7) is 1.96. The minimum atomic E-state index is -1.05. The number of carbonyl (C=O) groups is 2. The van der Waals surface area contributed by atoms with Gasteiger partial charge in [-0.25, -0.2) is 9.78 Å². The van der Waals surface area contributed by atoms with Crippen molar-refractivity contribution in [2.75, 3.05) is 5.32 Å². The van der Waals surface area contributed by atoms with E-state index >= 15 is 0 Å². The summed E-state index contributed by atoms with van der Waals surface area (Å²) >= 11 is 0. The molecular weight excluding hydrogens is 256 g/mol. The highest BCUT2D eigenvalue weighted by atomic mass is 16.4. The van der Waals surface area contributed by atoms with Gasteiger partial charge in [0.15, 0.2) is 0 Å². The number of amides is 1.